The summed E-state index contributed by atoms with van der Waals surface area (Å²) in [4.78, 5) is 12.5. The van der Waals surface area contributed by atoms with Crippen molar-refractivity contribution in [3.63, 3.8) is 0 Å². The van der Waals surface area contributed by atoms with Gasteiger partial charge >= 0.3 is 0 Å². The third kappa shape index (κ3) is 4.75. The molecule has 1 N–H and O–H groups in total. The lowest BCUT2D eigenvalue weighted by atomic mass is 10.1. The second kappa shape index (κ2) is 9.56. The van der Waals surface area contributed by atoms with Gasteiger partial charge in [-0.25, -0.2) is 0 Å². The fourth-order valence-electron chi connectivity index (χ4n) is 2.59. The molecule has 0 aromatic heterocycles. The zero-order valence-corrected chi connectivity index (χ0v) is 16.3. The zero-order chi connectivity index (χ0) is 19.8. The molecule has 0 fully saturated rings. The van der Waals surface area contributed by atoms with Crippen LogP contribution in [-0.4, -0.2) is 41.0 Å². The Morgan fingerprint density at radius 1 is 0.815 bits per heavy atom. The molecule has 7 nitrogen and oxygen atoms in total. The first-order valence-corrected chi connectivity index (χ1v) is 8.45. The van der Waals surface area contributed by atoms with Gasteiger partial charge in [0.15, 0.2) is 23.0 Å². The van der Waals surface area contributed by atoms with E-state index in [-0.39, 0.29) is 12.5 Å². The van der Waals surface area contributed by atoms with Crippen molar-refractivity contribution >= 4 is 5.91 Å². The van der Waals surface area contributed by atoms with Crippen molar-refractivity contribution in [2.45, 2.75) is 13.5 Å². The number of benzene rings is 2. The van der Waals surface area contributed by atoms with Crippen molar-refractivity contribution in [2.24, 2.45) is 0 Å². The number of hydrogen-bond acceptors (Lipinski definition) is 6. The van der Waals surface area contributed by atoms with Crippen LogP contribution < -0.4 is 29.0 Å². The molecule has 27 heavy (non-hydrogen) atoms. The number of hydrogen-bond donors (Lipinski definition) is 1. The third-order valence-electron chi connectivity index (χ3n) is 3.95. The summed E-state index contributed by atoms with van der Waals surface area (Å²) >= 11 is 0. The molecule has 1 amide bonds. The molecule has 0 atom stereocenters. The van der Waals surface area contributed by atoms with Crippen molar-refractivity contribution < 1.29 is 28.5 Å². The Hall–Kier alpha value is -3.09. The van der Waals surface area contributed by atoms with Gasteiger partial charge in [0.25, 0.3) is 5.91 Å². The van der Waals surface area contributed by atoms with Crippen molar-refractivity contribution in [1.82, 2.24) is 5.32 Å². The monoisotopic (exact) mass is 375 g/mol. The second-order valence-electron chi connectivity index (χ2n) is 5.50. The molecular formula is C20H25NO6. The Bertz CT molecular complexity index is 790. The van der Waals surface area contributed by atoms with Crippen LogP contribution >= 0.6 is 0 Å². The molecule has 2 rings (SSSR count). The average Bonchev–Trinajstić information content (AvgIpc) is 2.71. The van der Waals surface area contributed by atoms with Crippen molar-refractivity contribution in [1.29, 1.82) is 0 Å². The molecule has 2 aromatic carbocycles. The molecule has 0 saturated carbocycles. The highest BCUT2D eigenvalue weighted by Crippen LogP contribution is 2.34. The molecule has 0 aliphatic rings. The summed E-state index contributed by atoms with van der Waals surface area (Å²) in [5.41, 5.74) is 1.23. The molecule has 0 saturated heterocycles. The van der Waals surface area contributed by atoms with E-state index in [1.165, 1.54) is 7.11 Å². The molecule has 0 bridgehead atoms. The lowest BCUT2D eigenvalue weighted by molar-refractivity contribution is 0.0950. The van der Waals surface area contributed by atoms with Gasteiger partial charge in [0.1, 0.15) is 5.75 Å². The quantitative estimate of drug-likeness (QED) is 0.726. The lowest BCUT2D eigenvalue weighted by Gasteiger charge is -2.15. The number of rotatable bonds is 9. The number of ether oxygens (including phenoxy) is 5. The molecule has 0 heterocycles. The summed E-state index contributed by atoms with van der Waals surface area (Å²) in [6.45, 7) is 2.66. The van der Waals surface area contributed by atoms with E-state index in [0.717, 1.165) is 5.56 Å². The molecular weight excluding hydrogens is 350 g/mol. The lowest BCUT2D eigenvalue weighted by Crippen LogP contribution is -2.23. The van der Waals surface area contributed by atoms with Crippen molar-refractivity contribution in [3.8, 4) is 28.7 Å². The van der Waals surface area contributed by atoms with E-state index in [4.69, 9.17) is 23.7 Å². The molecule has 2 aromatic rings. The highest BCUT2D eigenvalue weighted by atomic mass is 16.5. The number of methoxy groups -OCH3 is 4. The maximum atomic E-state index is 12.5. The van der Waals surface area contributed by atoms with Gasteiger partial charge in [0, 0.05) is 23.7 Å². The Labute approximate surface area is 159 Å². The third-order valence-corrected chi connectivity index (χ3v) is 3.95. The van der Waals surface area contributed by atoms with E-state index < -0.39 is 0 Å². The second-order valence-corrected chi connectivity index (χ2v) is 5.50. The Balaban J connectivity index is 2.18. The van der Waals surface area contributed by atoms with E-state index in [1.54, 1.807) is 51.7 Å². The standard InChI is InChI=1S/C20H25NO6/c1-6-27-15-8-7-13(9-17(15)24-3)20(22)21-12-14-10-18(25-4)19(26-5)11-16(14)23-2/h7-11H,6,12H2,1-5H3,(H,21,22). The van der Waals surface area contributed by atoms with E-state index in [0.29, 0.717) is 40.9 Å². The largest absolute Gasteiger partial charge is 0.496 e. The van der Waals surface area contributed by atoms with Crippen LogP contribution in [0.5, 0.6) is 28.7 Å². The van der Waals surface area contributed by atoms with Crippen LogP contribution in [0.2, 0.25) is 0 Å². The normalized spacial score (nSPS) is 10.1. The summed E-state index contributed by atoms with van der Waals surface area (Å²) in [5, 5.41) is 2.87. The van der Waals surface area contributed by atoms with Crippen LogP contribution in [-0.2, 0) is 6.54 Å². The Kier molecular flexibility index (Phi) is 7.16. The minimum absolute atomic E-state index is 0.242. The van der Waals surface area contributed by atoms with Crippen LogP contribution in [0.3, 0.4) is 0 Å². The van der Waals surface area contributed by atoms with Crippen LogP contribution in [0.4, 0.5) is 0 Å². The number of nitrogens with one attached hydrogen (secondary N) is 1. The summed E-state index contributed by atoms with van der Waals surface area (Å²) < 4.78 is 26.7. The molecule has 0 aliphatic carbocycles. The van der Waals surface area contributed by atoms with Gasteiger partial charge in [-0.05, 0) is 31.2 Å². The number of carbonyl (C=O) groups is 1. The van der Waals surface area contributed by atoms with E-state index in [9.17, 15) is 4.79 Å². The van der Waals surface area contributed by atoms with E-state index >= 15 is 0 Å². The van der Waals surface area contributed by atoms with Crippen LogP contribution in [0.15, 0.2) is 30.3 Å². The summed E-state index contributed by atoms with van der Waals surface area (Å²) in [6.07, 6.45) is 0. The van der Waals surface area contributed by atoms with Gasteiger partial charge in [-0.3, -0.25) is 4.79 Å². The smallest absolute Gasteiger partial charge is 0.251 e. The van der Waals surface area contributed by atoms with E-state index in [1.807, 2.05) is 6.92 Å². The van der Waals surface area contributed by atoms with E-state index in [2.05, 4.69) is 5.32 Å². The zero-order valence-electron chi connectivity index (χ0n) is 16.3. The first-order valence-electron chi connectivity index (χ1n) is 8.45. The maximum Gasteiger partial charge on any atom is 0.251 e. The Morgan fingerprint density at radius 2 is 1.41 bits per heavy atom. The number of amides is 1. The highest BCUT2D eigenvalue weighted by Gasteiger charge is 2.15. The molecule has 0 radical (unpaired) electrons. The summed E-state index contributed by atoms with van der Waals surface area (Å²) in [7, 11) is 6.20. The predicted octanol–water partition coefficient (Wildman–Crippen LogP) is 3.05. The minimum Gasteiger partial charge on any atom is -0.496 e. The SMILES string of the molecule is CCOc1ccc(C(=O)NCc2cc(OC)c(OC)cc2OC)cc1OC. The Morgan fingerprint density at radius 3 is 2.00 bits per heavy atom. The number of carbonyl (C=O) groups excluding carboxylic acids is 1. The van der Waals surface area contributed by atoms with Crippen molar-refractivity contribution in [3.05, 3.63) is 41.5 Å². The summed E-state index contributed by atoms with van der Waals surface area (Å²) in [6, 6.07) is 8.55. The average molecular weight is 375 g/mol. The topological polar surface area (TPSA) is 75.3 Å². The fraction of sp³-hybridized carbons (Fsp3) is 0.350. The molecule has 0 spiro atoms. The maximum absolute atomic E-state index is 12.5. The van der Waals surface area contributed by atoms with Gasteiger partial charge < -0.3 is 29.0 Å². The molecule has 0 aliphatic heterocycles. The molecule has 0 unspecified atom stereocenters. The first kappa shape index (κ1) is 20.2. The highest BCUT2D eigenvalue weighted by molar-refractivity contribution is 5.94. The fourth-order valence-corrected chi connectivity index (χ4v) is 2.59. The van der Waals surface area contributed by atoms with Gasteiger partial charge in [-0.2, -0.15) is 0 Å². The van der Waals surface area contributed by atoms with Gasteiger partial charge in [0.05, 0.1) is 35.0 Å². The predicted molar refractivity (Wildman–Crippen MR) is 101 cm³/mol. The summed E-state index contributed by atoms with van der Waals surface area (Å²) in [5.74, 6) is 2.57. The van der Waals surface area contributed by atoms with Crippen LogP contribution in [0, 0.1) is 0 Å². The van der Waals surface area contributed by atoms with Crippen molar-refractivity contribution in [2.75, 3.05) is 35.0 Å². The van der Waals surface area contributed by atoms with Gasteiger partial charge in [-0.15, -0.1) is 0 Å². The molecule has 146 valence electrons. The van der Waals surface area contributed by atoms with Crippen LogP contribution in [0.25, 0.3) is 0 Å². The molecule has 7 heteroatoms. The van der Waals surface area contributed by atoms with Gasteiger partial charge in [-0.1, -0.05) is 0 Å². The first-order chi connectivity index (χ1) is 13.1. The minimum atomic E-state index is -0.242. The van der Waals surface area contributed by atoms with Crippen LogP contribution in [0.1, 0.15) is 22.8 Å². The van der Waals surface area contributed by atoms with Gasteiger partial charge in [0.2, 0.25) is 0 Å².